The second-order valence-corrected chi connectivity index (χ2v) is 5.03. The number of para-hydroxylation sites is 1. The minimum Gasteiger partial charge on any atom is -0.389 e. The van der Waals surface area contributed by atoms with E-state index in [2.05, 4.69) is 0 Å². The van der Waals surface area contributed by atoms with Crippen LogP contribution in [0.15, 0.2) is 42.5 Å². The van der Waals surface area contributed by atoms with E-state index in [0.717, 1.165) is 11.3 Å². The predicted molar refractivity (Wildman–Crippen MR) is 83.0 cm³/mol. The lowest BCUT2D eigenvalue weighted by Gasteiger charge is -2.22. The van der Waals surface area contributed by atoms with Crippen molar-refractivity contribution in [2.45, 2.75) is 20.0 Å². The first-order chi connectivity index (χ1) is 9.91. The van der Waals surface area contributed by atoms with Gasteiger partial charge in [-0.1, -0.05) is 24.3 Å². The lowest BCUT2D eigenvalue weighted by Crippen LogP contribution is -2.13. The number of hydrogen-bond acceptors (Lipinski definition) is 4. The molecule has 0 aliphatic heterocycles. The molecular weight excluding hydrogens is 268 g/mol. The van der Waals surface area contributed by atoms with Crippen LogP contribution < -0.4 is 4.90 Å². The van der Waals surface area contributed by atoms with Crippen LogP contribution in [-0.4, -0.2) is 17.1 Å². The van der Waals surface area contributed by atoms with Gasteiger partial charge in [-0.05, 0) is 37.1 Å². The largest absolute Gasteiger partial charge is 0.389 e. The zero-order chi connectivity index (χ0) is 15.6. The minimum absolute atomic E-state index is 0.0147. The number of rotatable bonds is 4. The molecule has 0 amide bonds. The molecule has 0 fully saturated rings. The fourth-order valence-corrected chi connectivity index (χ4v) is 2.30. The predicted octanol–water partition coefficient (Wildman–Crippen LogP) is 3.72. The molecule has 0 unspecified atom stereocenters. The molecule has 0 saturated carbocycles. The zero-order valence-electron chi connectivity index (χ0n) is 12.3. The number of anilines is 2. The molecule has 110 valence electrons. The highest BCUT2D eigenvalue weighted by atomic mass is 16.6. The van der Waals surface area contributed by atoms with Crippen molar-refractivity contribution in [1.82, 2.24) is 0 Å². The van der Waals surface area contributed by atoms with Gasteiger partial charge in [-0.15, -0.1) is 0 Å². The van der Waals surface area contributed by atoms with Crippen LogP contribution >= 0.6 is 0 Å². The van der Waals surface area contributed by atoms with Gasteiger partial charge in [0.15, 0.2) is 0 Å². The first-order valence-corrected chi connectivity index (χ1v) is 6.67. The fraction of sp³-hybridized carbons (Fsp3) is 0.250. The molecule has 0 radical (unpaired) electrons. The number of nitrogens with zero attached hydrogens (tertiary/aromatic N) is 2. The SMILES string of the molecule is Cc1ccccc1N(C)c1ccc([C@H](C)O)cc1[N+](=O)[O-]. The summed E-state index contributed by atoms with van der Waals surface area (Å²) in [7, 11) is 1.80. The van der Waals surface area contributed by atoms with Crippen LogP contribution in [0.3, 0.4) is 0 Å². The quantitative estimate of drug-likeness (QED) is 0.687. The summed E-state index contributed by atoms with van der Waals surface area (Å²) >= 11 is 0. The van der Waals surface area contributed by atoms with E-state index >= 15 is 0 Å². The van der Waals surface area contributed by atoms with E-state index in [1.54, 1.807) is 31.0 Å². The Morgan fingerprint density at radius 2 is 1.86 bits per heavy atom. The van der Waals surface area contributed by atoms with Crippen LogP contribution in [0.2, 0.25) is 0 Å². The highest BCUT2D eigenvalue weighted by Gasteiger charge is 2.20. The first kappa shape index (κ1) is 15.0. The van der Waals surface area contributed by atoms with E-state index in [1.807, 2.05) is 31.2 Å². The van der Waals surface area contributed by atoms with Crippen molar-refractivity contribution in [1.29, 1.82) is 0 Å². The number of nitro benzene ring substituents is 1. The Morgan fingerprint density at radius 3 is 2.43 bits per heavy atom. The van der Waals surface area contributed by atoms with Crippen molar-refractivity contribution in [3.05, 3.63) is 63.7 Å². The Labute approximate surface area is 123 Å². The van der Waals surface area contributed by atoms with Gasteiger partial charge in [0.25, 0.3) is 5.69 Å². The number of benzene rings is 2. The molecule has 0 aliphatic rings. The van der Waals surface area contributed by atoms with E-state index in [9.17, 15) is 15.2 Å². The maximum atomic E-state index is 11.3. The van der Waals surface area contributed by atoms with Gasteiger partial charge in [0.2, 0.25) is 0 Å². The van der Waals surface area contributed by atoms with E-state index in [4.69, 9.17) is 0 Å². The van der Waals surface area contributed by atoms with Gasteiger partial charge in [-0.25, -0.2) is 0 Å². The van der Waals surface area contributed by atoms with Gasteiger partial charge in [0.05, 0.1) is 11.0 Å². The third-order valence-electron chi connectivity index (χ3n) is 3.52. The maximum absolute atomic E-state index is 11.3. The van der Waals surface area contributed by atoms with Crippen molar-refractivity contribution >= 4 is 17.1 Å². The molecule has 1 atom stereocenters. The van der Waals surface area contributed by atoms with E-state index in [1.165, 1.54) is 6.07 Å². The van der Waals surface area contributed by atoms with Crippen LogP contribution in [0.4, 0.5) is 17.1 Å². The van der Waals surface area contributed by atoms with Crippen molar-refractivity contribution in [2.24, 2.45) is 0 Å². The van der Waals surface area contributed by atoms with Gasteiger partial charge < -0.3 is 10.0 Å². The zero-order valence-corrected chi connectivity index (χ0v) is 12.3. The summed E-state index contributed by atoms with van der Waals surface area (Å²) in [4.78, 5) is 12.7. The maximum Gasteiger partial charge on any atom is 0.293 e. The van der Waals surface area contributed by atoms with Crippen molar-refractivity contribution in [2.75, 3.05) is 11.9 Å². The molecule has 0 spiro atoms. The second kappa shape index (κ2) is 5.93. The molecule has 0 heterocycles. The smallest absolute Gasteiger partial charge is 0.293 e. The van der Waals surface area contributed by atoms with Crippen molar-refractivity contribution < 1.29 is 10.0 Å². The molecule has 0 saturated heterocycles. The standard InChI is InChI=1S/C16H18N2O3/c1-11-6-4-5-7-14(11)17(3)15-9-8-13(12(2)19)10-16(15)18(20)21/h4-10,12,19H,1-3H3/t12-/m0/s1. The summed E-state index contributed by atoms with van der Waals surface area (Å²) in [6, 6.07) is 12.5. The highest BCUT2D eigenvalue weighted by Crippen LogP contribution is 2.35. The first-order valence-electron chi connectivity index (χ1n) is 6.67. The van der Waals surface area contributed by atoms with Crippen molar-refractivity contribution in [3.8, 4) is 0 Å². The van der Waals surface area contributed by atoms with Crippen LogP contribution in [0, 0.1) is 17.0 Å². The summed E-state index contributed by atoms with van der Waals surface area (Å²) in [5, 5.41) is 20.9. The fourth-order valence-electron chi connectivity index (χ4n) is 2.30. The molecule has 2 aromatic rings. The minimum atomic E-state index is -0.735. The average Bonchev–Trinajstić information content (AvgIpc) is 2.46. The summed E-state index contributed by atoms with van der Waals surface area (Å²) in [5.74, 6) is 0. The highest BCUT2D eigenvalue weighted by molar-refractivity contribution is 5.73. The molecule has 5 heteroatoms. The molecule has 2 rings (SSSR count). The third kappa shape index (κ3) is 3.03. The van der Waals surface area contributed by atoms with Crippen LogP contribution in [-0.2, 0) is 0 Å². The third-order valence-corrected chi connectivity index (χ3v) is 3.52. The number of aliphatic hydroxyl groups is 1. The average molecular weight is 286 g/mol. The molecule has 5 nitrogen and oxygen atoms in total. The molecule has 0 bridgehead atoms. The van der Waals surface area contributed by atoms with Crippen LogP contribution in [0.1, 0.15) is 24.2 Å². The van der Waals surface area contributed by atoms with Gasteiger partial charge in [-0.2, -0.15) is 0 Å². The molecule has 0 aliphatic carbocycles. The van der Waals surface area contributed by atoms with E-state index < -0.39 is 11.0 Å². The molecule has 2 aromatic carbocycles. The topological polar surface area (TPSA) is 66.6 Å². The normalized spacial score (nSPS) is 12.0. The summed E-state index contributed by atoms with van der Waals surface area (Å²) in [6.45, 7) is 3.55. The molecule has 21 heavy (non-hydrogen) atoms. The second-order valence-electron chi connectivity index (χ2n) is 5.03. The Bertz CT molecular complexity index is 668. The Morgan fingerprint density at radius 1 is 1.19 bits per heavy atom. The van der Waals surface area contributed by atoms with E-state index in [-0.39, 0.29) is 5.69 Å². The van der Waals surface area contributed by atoms with Gasteiger partial charge in [-0.3, -0.25) is 10.1 Å². The number of aryl methyl sites for hydroxylation is 1. The number of nitro groups is 1. The lowest BCUT2D eigenvalue weighted by molar-refractivity contribution is -0.384. The molecule has 0 aromatic heterocycles. The summed E-state index contributed by atoms with van der Waals surface area (Å²) < 4.78 is 0. The summed E-state index contributed by atoms with van der Waals surface area (Å²) in [6.07, 6.45) is -0.735. The van der Waals surface area contributed by atoms with Crippen LogP contribution in [0.5, 0.6) is 0 Å². The Kier molecular flexibility index (Phi) is 4.23. The van der Waals surface area contributed by atoms with Crippen LogP contribution in [0.25, 0.3) is 0 Å². The monoisotopic (exact) mass is 286 g/mol. The van der Waals surface area contributed by atoms with Gasteiger partial charge >= 0.3 is 0 Å². The summed E-state index contributed by atoms with van der Waals surface area (Å²) in [5.41, 5.74) is 2.96. The van der Waals surface area contributed by atoms with Crippen molar-refractivity contribution in [3.63, 3.8) is 0 Å². The number of aliphatic hydroxyl groups excluding tert-OH is 1. The molecule has 1 N–H and O–H groups in total. The van der Waals surface area contributed by atoms with Gasteiger partial charge in [0.1, 0.15) is 5.69 Å². The van der Waals surface area contributed by atoms with Gasteiger partial charge in [0, 0.05) is 18.8 Å². The Hall–Kier alpha value is -2.40. The Balaban J connectivity index is 2.53. The lowest BCUT2D eigenvalue weighted by atomic mass is 10.1. The molecular formula is C16H18N2O3. The number of hydrogen-bond donors (Lipinski definition) is 1. The van der Waals surface area contributed by atoms with E-state index in [0.29, 0.717) is 11.3 Å².